The summed E-state index contributed by atoms with van der Waals surface area (Å²) in [5, 5.41) is 0. The molecule has 0 saturated heterocycles. The van der Waals surface area contributed by atoms with E-state index in [2.05, 4.69) is 57.1 Å². The van der Waals surface area contributed by atoms with Crippen LogP contribution < -0.4 is 0 Å². The summed E-state index contributed by atoms with van der Waals surface area (Å²) >= 11 is 0. The molecule has 2 nitrogen and oxygen atoms in total. The number of hydrogen-bond acceptors (Lipinski definition) is 2. The van der Waals surface area contributed by atoms with Crippen LogP contribution in [0.2, 0.25) is 0 Å². The molecule has 0 bridgehead atoms. The lowest BCUT2D eigenvalue weighted by Crippen LogP contribution is -2.32. The first kappa shape index (κ1) is 33.4. The molecule has 0 radical (unpaired) electrons. The van der Waals surface area contributed by atoms with Gasteiger partial charge in [-0.15, -0.1) is 0 Å². The van der Waals surface area contributed by atoms with Gasteiger partial charge in [0.05, 0.1) is 6.61 Å². The number of nitrogens with zero attached hydrogens (tertiary/aromatic N) is 1. The summed E-state index contributed by atoms with van der Waals surface area (Å²) in [5.74, 6) is 0. The van der Waals surface area contributed by atoms with E-state index in [4.69, 9.17) is 4.74 Å². The normalized spacial score (nSPS) is 13.1. The fourth-order valence-corrected chi connectivity index (χ4v) is 4.42. The van der Waals surface area contributed by atoms with Gasteiger partial charge in [-0.2, -0.15) is 0 Å². The van der Waals surface area contributed by atoms with Gasteiger partial charge in [-0.1, -0.05) is 128 Å². The molecule has 1 atom stereocenters. The molecule has 0 heterocycles. The lowest BCUT2D eigenvalue weighted by molar-refractivity contribution is 0.0721. The Morgan fingerprint density at radius 3 is 1.62 bits per heavy atom. The zero-order valence-electron chi connectivity index (χ0n) is 24.0. The highest BCUT2D eigenvalue weighted by Gasteiger charge is 2.11. The Morgan fingerprint density at radius 2 is 1.03 bits per heavy atom. The van der Waals surface area contributed by atoms with Gasteiger partial charge in [-0.3, -0.25) is 0 Å². The molecule has 34 heavy (non-hydrogen) atoms. The van der Waals surface area contributed by atoms with Crippen LogP contribution in [0.1, 0.15) is 149 Å². The average Bonchev–Trinajstić information content (AvgIpc) is 2.83. The van der Waals surface area contributed by atoms with Crippen molar-refractivity contribution in [1.82, 2.24) is 4.90 Å². The van der Waals surface area contributed by atoms with Crippen molar-refractivity contribution >= 4 is 0 Å². The van der Waals surface area contributed by atoms with Crippen molar-refractivity contribution < 1.29 is 4.74 Å². The molecule has 0 fully saturated rings. The molecule has 0 saturated carbocycles. The summed E-state index contributed by atoms with van der Waals surface area (Å²) in [6.07, 6.45) is 37.5. The molecule has 0 rings (SSSR count). The van der Waals surface area contributed by atoms with Crippen molar-refractivity contribution in [2.24, 2.45) is 0 Å². The van der Waals surface area contributed by atoms with Gasteiger partial charge in [0.2, 0.25) is 0 Å². The van der Waals surface area contributed by atoms with Gasteiger partial charge in [0, 0.05) is 12.6 Å². The van der Waals surface area contributed by atoms with Gasteiger partial charge in [0.25, 0.3) is 0 Å². The fraction of sp³-hybridized carbons (Fsp3) is 0.875. The molecule has 202 valence electrons. The standard InChI is InChI=1S/C32H63NO/c1-5-7-9-11-13-15-16-17-18-19-20-21-22-24-26-28-30-34-31-32(33(3)4)29-27-25-23-14-12-10-8-6-2/h13,15,17-18,32H,5-12,14,16,19-31H2,1-4H3/t32-/m0/s1. The smallest absolute Gasteiger partial charge is 0.0621 e. The Morgan fingerprint density at radius 1 is 0.559 bits per heavy atom. The molecule has 0 amide bonds. The molecule has 0 aliphatic rings. The molecule has 0 aliphatic carbocycles. The van der Waals surface area contributed by atoms with Crippen molar-refractivity contribution in [3.8, 4) is 0 Å². The molecule has 0 N–H and O–H groups in total. The number of hydrogen-bond donors (Lipinski definition) is 0. The van der Waals surface area contributed by atoms with E-state index in [9.17, 15) is 0 Å². The number of likely N-dealkylation sites (N-methyl/N-ethyl adjacent to an activating group) is 1. The first-order valence-corrected chi connectivity index (χ1v) is 15.3. The minimum atomic E-state index is 0.588. The maximum absolute atomic E-state index is 6.04. The highest BCUT2D eigenvalue weighted by Crippen LogP contribution is 2.13. The van der Waals surface area contributed by atoms with Crippen LogP contribution in [0, 0.1) is 0 Å². The predicted molar refractivity (Wildman–Crippen MR) is 155 cm³/mol. The van der Waals surface area contributed by atoms with Gasteiger partial charge < -0.3 is 9.64 Å². The molecule has 0 aliphatic heterocycles. The lowest BCUT2D eigenvalue weighted by atomic mass is 10.0. The molecule has 0 spiro atoms. The third-order valence-electron chi connectivity index (χ3n) is 6.92. The van der Waals surface area contributed by atoms with E-state index in [1.165, 1.54) is 128 Å². The zero-order valence-corrected chi connectivity index (χ0v) is 24.0. The summed E-state index contributed by atoms with van der Waals surface area (Å²) < 4.78 is 6.04. The Labute approximate surface area is 216 Å². The van der Waals surface area contributed by atoms with Crippen LogP contribution in [0.25, 0.3) is 0 Å². The highest BCUT2D eigenvalue weighted by atomic mass is 16.5. The summed E-state index contributed by atoms with van der Waals surface area (Å²) in [5.41, 5.74) is 0. The number of ether oxygens (including phenoxy) is 1. The maximum atomic E-state index is 6.04. The van der Waals surface area contributed by atoms with Gasteiger partial charge in [-0.05, 0) is 59.0 Å². The Balaban J connectivity index is 3.44. The SMILES string of the molecule is CCCCCC=CCC=CCCCCCCCCOC[C@H](CCCCCCCCCC)N(C)C. The van der Waals surface area contributed by atoms with Crippen LogP contribution in [0.3, 0.4) is 0 Å². The van der Waals surface area contributed by atoms with E-state index in [0.29, 0.717) is 6.04 Å². The summed E-state index contributed by atoms with van der Waals surface area (Å²) in [4.78, 5) is 2.36. The molecular weight excluding hydrogens is 414 g/mol. The summed E-state index contributed by atoms with van der Waals surface area (Å²) in [7, 11) is 4.42. The first-order chi connectivity index (χ1) is 16.7. The van der Waals surface area contributed by atoms with Crippen LogP contribution in [0.4, 0.5) is 0 Å². The second-order valence-corrected chi connectivity index (χ2v) is 10.5. The van der Waals surface area contributed by atoms with E-state index in [0.717, 1.165) is 19.6 Å². The maximum Gasteiger partial charge on any atom is 0.0621 e. The predicted octanol–water partition coefficient (Wildman–Crippen LogP) is 10.3. The summed E-state index contributed by atoms with van der Waals surface area (Å²) in [6, 6.07) is 0.588. The van der Waals surface area contributed by atoms with Crippen LogP contribution >= 0.6 is 0 Å². The average molecular weight is 478 g/mol. The van der Waals surface area contributed by atoms with Crippen molar-refractivity contribution in [3.63, 3.8) is 0 Å². The quantitative estimate of drug-likeness (QED) is 0.0861. The lowest BCUT2D eigenvalue weighted by Gasteiger charge is -2.24. The van der Waals surface area contributed by atoms with E-state index in [1.807, 2.05) is 0 Å². The van der Waals surface area contributed by atoms with Crippen LogP contribution in [0.15, 0.2) is 24.3 Å². The van der Waals surface area contributed by atoms with E-state index in [-0.39, 0.29) is 0 Å². The molecule has 0 unspecified atom stereocenters. The van der Waals surface area contributed by atoms with E-state index in [1.54, 1.807) is 0 Å². The second kappa shape index (κ2) is 28.6. The number of unbranched alkanes of at least 4 members (excludes halogenated alkanes) is 16. The monoisotopic (exact) mass is 477 g/mol. The van der Waals surface area contributed by atoms with E-state index < -0.39 is 0 Å². The van der Waals surface area contributed by atoms with Crippen LogP contribution in [-0.2, 0) is 4.74 Å². The molecule has 0 aromatic heterocycles. The third-order valence-corrected chi connectivity index (χ3v) is 6.92. The molecular formula is C32H63NO. The fourth-order valence-electron chi connectivity index (χ4n) is 4.42. The minimum absolute atomic E-state index is 0.588. The Hall–Kier alpha value is -0.600. The molecule has 2 heteroatoms. The topological polar surface area (TPSA) is 12.5 Å². The van der Waals surface area contributed by atoms with Crippen molar-refractivity contribution in [1.29, 1.82) is 0 Å². The molecule has 0 aromatic carbocycles. The summed E-state index contributed by atoms with van der Waals surface area (Å²) in [6.45, 7) is 6.41. The van der Waals surface area contributed by atoms with Gasteiger partial charge in [0.15, 0.2) is 0 Å². The van der Waals surface area contributed by atoms with Gasteiger partial charge in [-0.25, -0.2) is 0 Å². The largest absolute Gasteiger partial charge is 0.380 e. The van der Waals surface area contributed by atoms with Gasteiger partial charge >= 0.3 is 0 Å². The van der Waals surface area contributed by atoms with Gasteiger partial charge in [0.1, 0.15) is 0 Å². The van der Waals surface area contributed by atoms with Crippen LogP contribution in [-0.4, -0.2) is 38.3 Å². The van der Waals surface area contributed by atoms with Crippen molar-refractivity contribution in [2.75, 3.05) is 27.3 Å². The highest BCUT2D eigenvalue weighted by molar-refractivity contribution is 4.92. The number of allylic oxidation sites excluding steroid dienone is 4. The van der Waals surface area contributed by atoms with Crippen LogP contribution in [0.5, 0.6) is 0 Å². The third kappa shape index (κ3) is 26.0. The zero-order chi connectivity index (χ0) is 25.0. The first-order valence-electron chi connectivity index (χ1n) is 15.3. The Kier molecular flexibility index (Phi) is 28.1. The van der Waals surface area contributed by atoms with E-state index >= 15 is 0 Å². The van der Waals surface area contributed by atoms with Crippen molar-refractivity contribution in [3.05, 3.63) is 24.3 Å². The molecule has 0 aromatic rings. The number of rotatable bonds is 27. The Bertz CT molecular complexity index is 429. The van der Waals surface area contributed by atoms with Crippen molar-refractivity contribution in [2.45, 2.75) is 155 Å². The second-order valence-electron chi connectivity index (χ2n) is 10.5. The minimum Gasteiger partial charge on any atom is -0.380 e.